The first kappa shape index (κ1) is 15.6. The molecular weight excluding hydrogens is 286 g/mol. The Balaban J connectivity index is 1.74. The molecule has 122 valence electrons. The van der Waals surface area contributed by atoms with Gasteiger partial charge >= 0.3 is 0 Å². The number of para-hydroxylation sites is 1. The summed E-state index contributed by atoms with van der Waals surface area (Å²) in [6, 6.07) is 10.7. The first-order chi connectivity index (χ1) is 11.1. The number of hydrogen-bond acceptors (Lipinski definition) is 2. The predicted molar refractivity (Wildman–Crippen MR) is 93.8 cm³/mol. The number of hydrogen-bond donors (Lipinski definition) is 2. The summed E-state index contributed by atoms with van der Waals surface area (Å²) in [5, 5.41) is 7.97. The largest absolute Gasteiger partial charge is 0.370 e. The first-order valence-electron chi connectivity index (χ1n) is 8.32. The van der Waals surface area contributed by atoms with Gasteiger partial charge in [-0.3, -0.25) is 0 Å². The molecule has 2 aromatic rings. The maximum Gasteiger partial charge on any atom is 0.189 e. The van der Waals surface area contributed by atoms with E-state index in [9.17, 15) is 0 Å². The summed E-state index contributed by atoms with van der Waals surface area (Å²) in [7, 11) is 0. The lowest BCUT2D eigenvalue weighted by atomic mass is 10.2. The second-order valence-corrected chi connectivity index (χ2v) is 6.22. The average molecular weight is 311 g/mol. The van der Waals surface area contributed by atoms with Crippen LogP contribution in [0.3, 0.4) is 0 Å². The lowest BCUT2D eigenvalue weighted by Gasteiger charge is -2.12. The molecule has 1 fully saturated rings. The average Bonchev–Trinajstić information content (AvgIpc) is 3.15. The van der Waals surface area contributed by atoms with Gasteiger partial charge in [0.15, 0.2) is 5.96 Å². The van der Waals surface area contributed by atoms with Crippen LogP contribution in [0.5, 0.6) is 0 Å². The van der Waals surface area contributed by atoms with E-state index in [2.05, 4.69) is 34.5 Å². The fourth-order valence-corrected chi connectivity index (χ4v) is 3.21. The molecule has 3 N–H and O–H groups in total. The van der Waals surface area contributed by atoms with Gasteiger partial charge in [0.1, 0.15) is 0 Å². The Morgan fingerprint density at radius 3 is 2.65 bits per heavy atom. The molecule has 1 aliphatic carbocycles. The molecule has 5 nitrogen and oxygen atoms in total. The molecule has 0 aliphatic heterocycles. The fraction of sp³-hybridized carbons (Fsp3) is 0.444. The monoisotopic (exact) mass is 311 g/mol. The number of benzene rings is 1. The van der Waals surface area contributed by atoms with Gasteiger partial charge in [0.2, 0.25) is 0 Å². The van der Waals surface area contributed by atoms with Crippen molar-refractivity contribution in [1.29, 1.82) is 0 Å². The van der Waals surface area contributed by atoms with Gasteiger partial charge in [0, 0.05) is 17.3 Å². The minimum atomic E-state index is 0.494. The zero-order valence-electron chi connectivity index (χ0n) is 13.9. The summed E-state index contributed by atoms with van der Waals surface area (Å²) in [6.45, 7) is 4.67. The Morgan fingerprint density at radius 1 is 1.26 bits per heavy atom. The topological polar surface area (TPSA) is 68.2 Å². The van der Waals surface area contributed by atoms with Crippen molar-refractivity contribution in [2.75, 3.05) is 0 Å². The van der Waals surface area contributed by atoms with E-state index >= 15 is 0 Å². The Hall–Kier alpha value is -2.30. The number of rotatable bonds is 4. The Kier molecular flexibility index (Phi) is 4.65. The highest BCUT2D eigenvalue weighted by molar-refractivity contribution is 5.78. The van der Waals surface area contributed by atoms with Crippen molar-refractivity contribution < 1.29 is 0 Å². The van der Waals surface area contributed by atoms with Gasteiger partial charge in [-0.2, -0.15) is 5.10 Å². The Morgan fingerprint density at radius 2 is 1.96 bits per heavy atom. The number of nitrogens with two attached hydrogens (primary N) is 1. The smallest absolute Gasteiger partial charge is 0.189 e. The number of guanidine groups is 1. The quantitative estimate of drug-likeness (QED) is 0.674. The standard InChI is InChI=1S/C18H25N5/c1-13-17(12-20-18(19)21-15-8-6-7-9-15)14(2)23(22-13)16-10-4-3-5-11-16/h3-5,10-11,15H,6-9,12H2,1-2H3,(H3,19,20,21). The molecule has 1 saturated carbocycles. The third kappa shape index (κ3) is 3.55. The fourth-order valence-electron chi connectivity index (χ4n) is 3.21. The number of aryl methyl sites for hydroxylation is 1. The van der Waals surface area contributed by atoms with Crippen LogP contribution in [0.15, 0.2) is 35.3 Å². The molecule has 1 aromatic heterocycles. The lowest BCUT2D eigenvalue weighted by Crippen LogP contribution is -2.38. The van der Waals surface area contributed by atoms with E-state index in [1.165, 1.54) is 25.7 Å². The summed E-state index contributed by atoms with van der Waals surface area (Å²) in [6.07, 6.45) is 4.96. The van der Waals surface area contributed by atoms with E-state index in [0.29, 0.717) is 18.5 Å². The van der Waals surface area contributed by atoms with Gasteiger partial charge in [-0.25, -0.2) is 9.67 Å². The predicted octanol–water partition coefficient (Wildman–Crippen LogP) is 2.84. The third-order valence-electron chi connectivity index (χ3n) is 4.56. The molecule has 1 aromatic carbocycles. The van der Waals surface area contributed by atoms with Gasteiger partial charge in [0.05, 0.1) is 17.9 Å². The molecule has 1 heterocycles. The highest BCUT2D eigenvalue weighted by Gasteiger charge is 2.16. The van der Waals surface area contributed by atoms with Crippen LogP contribution < -0.4 is 11.1 Å². The highest BCUT2D eigenvalue weighted by Crippen LogP contribution is 2.19. The molecule has 1 aliphatic rings. The minimum absolute atomic E-state index is 0.494. The van der Waals surface area contributed by atoms with Crippen LogP contribution in [0.2, 0.25) is 0 Å². The van der Waals surface area contributed by atoms with Crippen molar-refractivity contribution in [1.82, 2.24) is 15.1 Å². The second kappa shape index (κ2) is 6.86. The summed E-state index contributed by atoms with van der Waals surface area (Å²) < 4.78 is 1.97. The zero-order valence-corrected chi connectivity index (χ0v) is 13.9. The molecule has 0 bridgehead atoms. The van der Waals surface area contributed by atoms with Crippen molar-refractivity contribution in [3.8, 4) is 5.69 Å². The molecule has 0 radical (unpaired) electrons. The van der Waals surface area contributed by atoms with Crippen LogP contribution in [-0.2, 0) is 6.54 Å². The van der Waals surface area contributed by atoms with Gasteiger partial charge < -0.3 is 11.1 Å². The molecule has 0 atom stereocenters. The van der Waals surface area contributed by atoms with Crippen LogP contribution in [0.25, 0.3) is 5.69 Å². The van der Waals surface area contributed by atoms with Gasteiger partial charge in [-0.15, -0.1) is 0 Å². The number of aromatic nitrogens is 2. The molecule has 0 unspecified atom stereocenters. The van der Waals surface area contributed by atoms with Gasteiger partial charge in [-0.05, 0) is 38.8 Å². The van der Waals surface area contributed by atoms with E-state index in [1.54, 1.807) is 0 Å². The first-order valence-corrected chi connectivity index (χ1v) is 8.32. The van der Waals surface area contributed by atoms with E-state index in [4.69, 9.17) is 5.73 Å². The van der Waals surface area contributed by atoms with E-state index in [0.717, 1.165) is 22.6 Å². The van der Waals surface area contributed by atoms with Crippen LogP contribution in [0.1, 0.15) is 42.6 Å². The van der Waals surface area contributed by atoms with Crippen LogP contribution in [0.4, 0.5) is 0 Å². The molecule has 5 heteroatoms. The zero-order chi connectivity index (χ0) is 16.2. The van der Waals surface area contributed by atoms with Crippen molar-refractivity contribution in [2.45, 2.75) is 52.1 Å². The molecule has 23 heavy (non-hydrogen) atoms. The van der Waals surface area contributed by atoms with Crippen LogP contribution in [-0.4, -0.2) is 21.8 Å². The van der Waals surface area contributed by atoms with E-state index < -0.39 is 0 Å². The molecule has 0 saturated heterocycles. The van der Waals surface area contributed by atoms with Crippen molar-refractivity contribution >= 4 is 5.96 Å². The van der Waals surface area contributed by atoms with E-state index in [1.807, 2.05) is 29.8 Å². The van der Waals surface area contributed by atoms with Crippen LogP contribution in [0, 0.1) is 13.8 Å². The number of nitrogens with zero attached hydrogens (tertiary/aromatic N) is 3. The maximum atomic E-state index is 6.03. The summed E-state index contributed by atoms with van der Waals surface area (Å²) in [5.41, 5.74) is 10.4. The normalized spacial score (nSPS) is 16.0. The van der Waals surface area contributed by atoms with Crippen molar-refractivity contribution in [3.05, 3.63) is 47.3 Å². The molecule has 0 amide bonds. The van der Waals surface area contributed by atoms with Crippen LogP contribution >= 0.6 is 0 Å². The Labute approximate surface area is 137 Å². The number of aliphatic imine (C=N–C) groups is 1. The highest BCUT2D eigenvalue weighted by atomic mass is 15.3. The summed E-state index contributed by atoms with van der Waals surface area (Å²) >= 11 is 0. The summed E-state index contributed by atoms with van der Waals surface area (Å²) in [4.78, 5) is 4.52. The van der Waals surface area contributed by atoms with Gasteiger partial charge in [0.25, 0.3) is 0 Å². The Bertz CT molecular complexity index is 681. The lowest BCUT2D eigenvalue weighted by molar-refractivity contribution is 0.625. The second-order valence-electron chi connectivity index (χ2n) is 6.22. The maximum absolute atomic E-state index is 6.03. The van der Waals surface area contributed by atoms with Gasteiger partial charge in [-0.1, -0.05) is 31.0 Å². The van der Waals surface area contributed by atoms with Crippen molar-refractivity contribution in [3.63, 3.8) is 0 Å². The minimum Gasteiger partial charge on any atom is -0.370 e. The van der Waals surface area contributed by atoms with E-state index in [-0.39, 0.29) is 0 Å². The molecule has 3 rings (SSSR count). The molecular formula is C18H25N5. The summed E-state index contributed by atoms with van der Waals surface area (Å²) in [5.74, 6) is 0.545. The third-order valence-corrected chi connectivity index (χ3v) is 4.56. The number of nitrogens with one attached hydrogen (secondary N) is 1. The molecule has 0 spiro atoms. The SMILES string of the molecule is Cc1nn(-c2ccccc2)c(C)c1CN=C(N)NC1CCCC1. The van der Waals surface area contributed by atoms with Crippen molar-refractivity contribution in [2.24, 2.45) is 10.7 Å².